The van der Waals surface area contributed by atoms with Crippen LogP contribution in [-0.2, 0) is 6.18 Å². The molecule has 0 saturated carbocycles. The number of H-pyrrole nitrogens is 1. The minimum Gasteiger partial charge on any atom is -0.503 e. The number of aryl methyl sites for hydroxylation is 2. The summed E-state index contributed by atoms with van der Waals surface area (Å²) in [7, 11) is 0. The van der Waals surface area contributed by atoms with Gasteiger partial charge < -0.3 is 26.4 Å². The summed E-state index contributed by atoms with van der Waals surface area (Å²) in [6.45, 7) is 3.63. The number of alkyl halides is 3. The first-order valence-corrected chi connectivity index (χ1v) is 11.0. The fraction of sp³-hybridized carbons (Fsp3) is 0.130. The first-order chi connectivity index (χ1) is 17.5. The zero-order valence-corrected chi connectivity index (χ0v) is 20.1. The Morgan fingerprint density at radius 3 is 2.41 bits per heavy atom. The van der Waals surface area contributed by atoms with E-state index in [9.17, 15) is 23.1 Å². The number of aromatic amines is 1. The molecule has 2 heterocycles. The second-order valence-electron chi connectivity index (χ2n) is 7.91. The van der Waals surface area contributed by atoms with Gasteiger partial charge in [0.05, 0.1) is 16.8 Å². The number of carbonyl (C=O) groups excluding carboxylic acids is 1. The Morgan fingerprint density at radius 1 is 1.03 bits per heavy atom. The van der Waals surface area contributed by atoms with E-state index in [0.29, 0.717) is 17.2 Å². The Balaban J connectivity index is 1.47. The number of aromatic nitrogens is 4. The topological polar surface area (TPSA) is 140 Å². The molecule has 0 aliphatic carbocycles. The van der Waals surface area contributed by atoms with E-state index in [1.54, 1.807) is 24.3 Å². The van der Waals surface area contributed by atoms with Gasteiger partial charge >= 0.3 is 12.2 Å². The lowest BCUT2D eigenvalue weighted by atomic mass is 10.2. The van der Waals surface area contributed by atoms with Crippen LogP contribution >= 0.6 is 11.6 Å². The summed E-state index contributed by atoms with van der Waals surface area (Å²) in [4.78, 5) is 20.7. The number of nitrogens with zero attached hydrogens (tertiary/aromatic N) is 3. The van der Waals surface area contributed by atoms with Gasteiger partial charge in [-0.25, -0.2) is 9.78 Å². The third-order valence-electron chi connectivity index (χ3n) is 4.99. The number of hydrogen-bond acceptors (Lipinski definition) is 7. The normalized spacial score (nSPS) is 11.2. The molecule has 0 radical (unpaired) electrons. The van der Waals surface area contributed by atoms with Crippen LogP contribution in [0, 0.1) is 13.8 Å². The van der Waals surface area contributed by atoms with Crippen molar-refractivity contribution in [1.29, 1.82) is 0 Å². The fourth-order valence-electron chi connectivity index (χ4n) is 3.20. The average molecular weight is 533 g/mol. The van der Waals surface area contributed by atoms with E-state index in [1.165, 1.54) is 12.3 Å². The molecule has 14 heteroatoms. The van der Waals surface area contributed by atoms with Crippen molar-refractivity contribution in [2.45, 2.75) is 20.0 Å². The molecule has 2 aromatic carbocycles. The lowest BCUT2D eigenvalue weighted by Gasteiger charge is -2.14. The van der Waals surface area contributed by atoms with Gasteiger partial charge in [-0.3, -0.25) is 5.10 Å². The highest BCUT2D eigenvalue weighted by Crippen LogP contribution is 2.36. The molecule has 0 atom stereocenters. The van der Waals surface area contributed by atoms with Crippen molar-refractivity contribution in [1.82, 2.24) is 20.2 Å². The quantitative estimate of drug-likeness (QED) is 0.170. The molecular weight excluding hydrogens is 513 g/mol. The molecule has 10 nitrogen and oxygen atoms in total. The van der Waals surface area contributed by atoms with Gasteiger partial charge in [-0.05, 0) is 49.7 Å². The molecule has 0 saturated heterocycles. The van der Waals surface area contributed by atoms with E-state index in [2.05, 4.69) is 41.4 Å². The second kappa shape index (κ2) is 10.2. The predicted molar refractivity (Wildman–Crippen MR) is 134 cm³/mol. The average Bonchev–Trinajstić information content (AvgIpc) is 3.23. The van der Waals surface area contributed by atoms with E-state index < -0.39 is 22.8 Å². The number of anilines is 6. The van der Waals surface area contributed by atoms with E-state index in [-0.39, 0.29) is 23.2 Å². The largest absolute Gasteiger partial charge is 0.503 e. The molecule has 0 aliphatic rings. The number of rotatable bonds is 6. The standard InChI is InChI=1S/C23H20ClF3N8O2/c1-11-3-4-14(30-22(37)29-13-5-6-16(24)15(8-13)23(25,26)27)9-17(11)31-21-28-10-18(36)20(33-21)32-19-7-12(2)34-35-19/h3-10,36H,1-2H3,(H2,29,30,37)(H3,28,31,32,33,34,35). The van der Waals surface area contributed by atoms with Gasteiger partial charge in [-0.15, -0.1) is 0 Å². The highest BCUT2D eigenvalue weighted by atomic mass is 35.5. The lowest BCUT2D eigenvalue weighted by Crippen LogP contribution is -2.20. The van der Waals surface area contributed by atoms with Crippen molar-refractivity contribution in [2.75, 3.05) is 21.3 Å². The summed E-state index contributed by atoms with van der Waals surface area (Å²) in [6, 6.07) is 8.97. The van der Waals surface area contributed by atoms with Crippen LogP contribution in [-0.4, -0.2) is 31.3 Å². The molecule has 2 aromatic heterocycles. The van der Waals surface area contributed by atoms with Crippen molar-refractivity contribution < 1.29 is 23.1 Å². The smallest absolute Gasteiger partial charge is 0.417 e. The van der Waals surface area contributed by atoms with E-state index >= 15 is 0 Å². The Morgan fingerprint density at radius 2 is 1.73 bits per heavy atom. The number of aromatic hydroxyl groups is 1. The van der Waals surface area contributed by atoms with Gasteiger partial charge in [0.1, 0.15) is 0 Å². The Labute approximate surface area is 213 Å². The number of urea groups is 1. The van der Waals surface area contributed by atoms with E-state index in [4.69, 9.17) is 11.6 Å². The molecule has 6 N–H and O–H groups in total. The van der Waals surface area contributed by atoms with Crippen molar-refractivity contribution in [3.63, 3.8) is 0 Å². The van der Waals surface area contributed by atoms with Gasteiger partial charge in [0.15, 0.2) is 17.4 Å². The van der Waals surface area contributed by atoms with Crippen molar-refractivity contribution in [2.24, 2.45) is 0 Å². The molecule has 4 rings (SSSR count). The summed E-state index contributed by atoms with van der Waals surface area (Å²) < 4.78 is 39.2. The van der Waals surface area contributed by atoms with Gasteiger partial charge in [0.2, 0.25) is 5.95 Å². The number of hydrogen-bond donors (Lipinski definition) is 6. The third-order valence-corrected chi connectivity index (χ3v) is 5.32. The van der Waals surface area contributed by atoms with Gasteiger partial charge in [0, 0.05) is 28.8 Å². The fourth-order valence-corrected chi connectivity index (χ4v) is 3.42. The Kier molecular flexibility index (Phi) is 7.07. The SMILES string of the molecule is Cc1cc(Nc2nc(Nc3cc(NC(=O)Nc4ccc(Cl)c(C(F)(F)F)c4)ccc3C)ncc2O)n[nH]1. The maximum atomic E-state index is 13.1. The van der Waals surface area contributed by atoms with Crippen LogP contribution in [0.2, 0.25) is 5.02 Å². The molecule has 4 aromatic rings. The Hall–Kier alpha value is -4.52. The van der Waals surface area contributed by atoms with Crippen LogP contribution in [0.25, 0.3) is 0 Å². The first kappa shape index (κ1) is 25.6. The summed E-state index contributed by atoms with van der Waals surface area (Å²) in [5.74, 6) is 0.536. The van der Waals surface area contributed by atoms with E-state index in [0.717, 1.165) is 23.4 Å². The van der Waals surface area contributed by atoms with Gasteiger partial charge in [-0.2, -0.15) is 23.3 Å². The Bertz CT molecular complexity index is 1460. The first-order valence-electron chi connectivity index (χ1n) is 10.7. The summed E-state index contributed by atoms with van der Waals surface area (Å²) >= 11 is 5.62. The van der Waals surface area contributed by atoms with Crippen LogP contribution in [0.3, 0.4) is 0 Å². The highest BCUT2D eigenvalue weighted by Gasteiger charge is 2.33. The minimum atomic E-state index is -4.66. The summed E-state index contributed by atoms with van der Waals surface area (Å²) in [5.41, 5.74) is 1.35. The van der Waals surface area contributed by atoms with Crippen LogP contribution < -0.4 is 21.3 Å². The molecule has 0 spiro atoms. The molecule has 0 unspecified atom stereocenters. The predicted octanol–water partition coefficient (Wildman–Crippen LogP) is 6.33. The maximum Gasteiger partial charge on any atom is 0.417 e. The molecular formula is C23H20ClF3N8O2. The van der Waals surface area contributed by atoms with Crippen LogP contribution in [0.1, 0.15) is 16.8 Å². The molecule has 2 amide bonds. The number of carbonyl (C=O) groups is 1. The maximum absolute atomic E-state index is 13.1. The van der Waals surface area contributed by atoms with Gasteiger partial charge in [-0.1, -0.05) is 17.7 Å². The minimum absolute atomic E-state index is 0.0793. The lowest BCUT2D eigenvalue weighted by molar-refractivity contribution is -0.137. The number of amides is 2. The zero-order chi connectivity index (χ0) is 26.7. The van der Waals surface area contributed by atoms with Crippen molar-refractivity contribution in [3.05, 3.63) is 70.5 Å². The molecule has 0 fully saturated rings. The second-order valence-corrected chi connectivity index (χ2v) is 8.32. The zero-order valence-electron chi connectivity index (χ0n) is 19.3. The number of nitrogens with one attached hydrogen (secondary N) is 5. The van der Waals surface area contributed by atoms with Gasteiger partial charge in [0.25, 0.3) is 0 Å². The number of benzene rings is 2. The van der Waals surface area contributed by atoms with E-state index in [1.807, 2.05) is 13.8 Å². The summed E-state index contributed by atoms with van der Waals surface area (Å²) in [5, 5.41) is 27.2. The molecule has 37 heavy (non-hydrogen) atoms. The number of halogens is 4. The third kappa shape index (κ3) is 6.38. The molecule has 0 bridgehead atoms. The van der Waals surface area contributed by atoms with Crippen molar-refractivity contribution >= 4 is 52.3 Å². The summed E-state index contributed by atoms with van der Waals surface area (Å²) in [6.07, 6.45) is -3.45. The highest BCUT2D eigenvalue weighted by molar-refractivity contribution is 6.31. The van der Waals surface area contributed by atoms with Crippen molar-refractivity contribution in [3.8, 4) is 5.75 Å². The van der Waals surface area contributed by atoms with Crippen LogP contribution in [0.15, 0.2) is 48.7 Å². The molecule has 192 valence electrons. The van der Waals surface area contributed by atoms with Crippen LogP contribution in [0.5, 0.6) is 5.75 Å². The monoisotopic (exact) mass is 532 g/mol. The van der Waals surface area contributed by atoms with Crippen LogP contribution in [0.4, 0.5) is 52.6 Å². The molecule has 0 aliphatic heterocycles.